The highest BCUT2D eigenvalue weighted by atomic mass is 127. The molecule has 6 heteroatoms. The lowest BCUT2D eigenvalue weighted by Crippen LogP contribution is -2.42. The Morgan fingerprint density at radius 3 is 2.28 bits per heavy atom. The Kier molecular flexibility index (Phi) is 11.6. The van der Waals surface area contributed by atoms with Crippen molar-refractivity contribution in [3.63, 3.8) is 0 Å². The van der Waals surface area contributed by atoms with E-state index in [4.69, 9.17) is 4.74 Å². The van der Waals surface area contributed by atoms with Crippen LogP contribution in [-0.4, -0.2) is 57.7 Å². The summed E-state index contributed by atoms with van der Waals surface area (Å²) in [5.41, 5.74) is 1.29. The van der Waals surface area contributed by atoms with Gasteiger partial charge in [-0.1, -0.05) is 25.0 Å². The van der Waals surface area contributed by atoms with Crippen LogP contribution in [0.5, 0.6) is 5.75 Å². The maximum atomic E-state index is 5.18. The van der Waals surface area contributed by atoms with Crippen molar-refractivity contribution in [1.29, 1.82) is 0 Å². The second kappa shape index (κ2) is 13.2. The number of nitrogens with zero attached hydrogens (tertiary/aromatic N) is 2. The van der Waals surface area contributed by atoms with Crippen molar-refractivity contribution in [3.05, 3.63) is 29.8 Å². The molecule has 1 fully saturated rings. The molecule has 2 rings (SSSR count). The lowest BCUT2D eigenvalue weighted by molar-refractivity contribution is 0.289. The summed E-state index contributed by atoms with van der Waals surface area (Å²) >= 11 is 0. The van der Waals surface area contributed by atoms with E-state index in [1.165, 1.54) is 44.3 Å². The first kappa shape index (κ1) is 22.0. The molecular weight excluding hydrogens is 427 g/mol. The van der Waals surface area contributed by atoms with E-state index in [1.807, 2.05) is 19.2 Å². The number of aliphatic imine (C=N–C) groups is 1. The molecule has 1 aromatic carbocycles. The van der Waals surface area contributed by atoms with Crippen LogP contribution < -0.4 is 15.4 Å². The van der Waals surface area contributed by atoms with Crippen molar-refractivity contribution in [2.24, 2.45) is 4.99 Å². The zero-order valence-corrected chi connectivity index (χ0v) is 17.9. The van der Waals surface area contributed by atoms with Gasteiger partial charge < -0.3 is 20.3 Å². The average Bonchev–Trinajstić information content (AvgIpc) is 2.90. The lowest BCUT2D eigenvalue weighted by Gasteiger charge is -2.20. The number of halogens is 1. The van der Waals surface area contributed by atoms with Gasteiger partial charge in [-0.25, -0.2) is 0 Å². The number of rotatable bonds is 7. The molecule has 1 saturated heterocycles. The maximum Gasteiger partial charge on any atom is 0.191 e. The van der Waals surface area contributed by atoms with Crippen LogP contribution in [0.1, 0.15) is 31.2 Å². The van der Waals surface area contributed by atoms with Gasteiger partial charge in [0.25, 0.3) is 0 Å². The van der Waals surface area contributed by atoms with Crippen LogP contribution in [0, 0.1) is 0 Å². The van der Waals surface area contributed by atoms with Crippen molar-refractivity contribution in [2.45, 2.75) is 32.1 Å². The van der Waals surface area contributed by atoms with Gasteiger partial charge >= 0.3 is 0 Å². The van der Waals surface area contributed by atoms with E-state index in [0.717, 1.165) is 37.8 Å². The van der Waals surface area contributed by atoms with E-state index >= 15 is 0 Å². The summed E-state index contributed by atoms with van der Waals surface area (Å²) in [7, 11) is 3.52. The standard InChI is InChI=1S/C19H32N4O.HI/c1-20-19(22-13-16-23-14-5-3-4-6-15-23)21-12-11-17-7-9-18(24-2)10-8-17;/h7-10H,3-6,11-16H2,1-2H3,(H2,20,21,22);1H. The number of guanidine groups is 1. The molecule has 0 spiro atoms. The van der Waals surface area contributed by atoms with Gasteiger partial charge in [0.2, 0.25) is 0 Å². The van der Waals surface area contributed by atoms with Gasteiger partial charge in [0.15, 0.2) is 5.96 Å². The first-order valence-corrected chi connectivity index (χ1v) is 9.11. The quantitative estimate of drug-likeness (QED) is 0.373. The summed E-state index contributed by atoms with van der Waals surface area (Å²) in [6, 6.07) is 8.22. The SMILES string of the molecule is CN=C(NCCc1ccc(OC)cc1)NCCN1CCCCCC1.I. The minimum Gasteiger partial charge on any atom is -0.497 e. The van der Waals surface area contributed by atoms with E-state index < -0.39 is 0 Å². The van der Waals surface area contributed by atoms with Crippen LogP contribution in [-0.2, 0) is 6.42 Å². The highest BCUT2D eigenvalue weighted by Gasteiger charge is 2.08. The summed E-state index contributed by atoms with van der Waals surface area (Å²) in [4.78, 5) is 6.86. The van der Waals surface area contributed by atoms with Gasteiger partial charge in [-0.15, -0.1) is 24.0 Å². The average molecular weight is 460 g/mol. The smallest absolute Gasteiger partial charge is 0.191 e. The van der Waals surface area contributed by atoms with Crippen molar-refractivity contribution in [3.8, 4) is 5.75 Å². The molecule has 5 nitrogen and oxygen atoms in total. The largest absolute Gasteiger partial charge is 0.497 e. The summed E-state index contributed by atoms with van der Waals surface area (Å²) in [5, 5.41) is 6.80. The Morgan fingerprint density at radius 2 is 1.68 bits per heavy atom. The third-order valence-corrected chi connectivity index (χ3v) is 4.51. The van der Waals surface area contributed by atoms with Crippen LogP contribution in [0.25, 0.3) is 0 Å². The van der Waals surface area contributed by atoms with E-state index in [1.54, 1.807) is 7.11 Å². The molecule has 1 aliphatic heterocycles. The zero-order chi connectivity index (χ0) is 17.0. The fraction of sp³-hybridized carbons (Fsp3) is 0.632. The molecule has 0 atom stereocenters. The Labute approximate surface area is 169 Å². The number of hydrogen-bond acceptors (Lipinski definition) is 3. The monoisotopic (exact) mass is 460 g/mol. The van der Waals surface area contributed by atoms with Crippen LogP contribution in [0.15, 0.2) is 29.3 Å². The minimum absolute atomic E-state index is 0. The number of likely N-dealkylation sites (tertiary alicyclic amines) is 1. The van der Waals surface area contributed by atoms with Gasteiger partial charge in [0, 0.05) is 26.7 Å². The number of benzene rings is 1. The molecule has 1 aliphatic rings. The van der Waals surface area contributed by atoms with Gasteiger partial charge in [-0.3, -0.25) is 4.99 Å². The topological polar surface area (TPSA) is 48.9 Å². The second-order valence-corrected chi connectivity index (χ2v) is 6.28. The molecule has 1 heterocycles. The minimum atomic E-state index is 0. The molecule has 0 unspecified atom stereocenters. The highest BCUT2D eigenvalue weighted by molar-refractivity contribution is 14.0. The van der Waals surface area contributed by atoms with E-state index in [9.17, 15) is 0 Å². The predicted molar refractivity (Wildman–Crippen MR) is 116 cm³/mol. The van der Waals surface area contributed by atoms with Crippen molar-refractivity contribution < 1.29 is 4.74 Å². The Morgan fingerprint density at radius 1 is 1.04 bits per heavy atom. The van der Waals surface area contributed by atoms with Crippen LogP contribution in [0.3, 0.4) is 0 Å². The Balaban J connectivity index is 0.00000312. The van der Waals surface area contributed by atoms with E-state index in [-0.39, 0.29) is 24.0 Å². The normalized spacial score (nSPS) is 15.8. The van der Waals surface area contributed by atoms with Gasteiger partial charge in [0.1, 0.15) is 5.75 Å². The lowest BCUT2D eigenvalue weighted by atomic mass is 10.1. The molecular formula is C19H33IN4O. The van der Waals surface area contributed by atoms with E-state index in [2.05, 4.69) is 32.7 Å². The first-order chi connectivity index (χ1) is 11.8. The maximum absolute atomic E-state index is 5.18. The van der Waals surface area contributed by atoms with Gasteiger partial charge in [-0.2, -0.15) is 0 Å². The molecule has 25 heavy (non-hydrogen) atoms. The number of hydrogen-bond donors (Lipinski definition) is 2. The Bertz CT molecular complexity index is 485. The molecule has 142 valence electrons. The fourth-order valence-electron chi connectivity index (χ4n) is 3.03. The molecule has 0 amide bonds. The number of ether oxygens (including phenoxy) is 1. The van der Waals surface area contributed by atoms with Crippen LogP contribution in [0.4, 0.5) is 0 Å². The number of methoxy groups -OCH3 is 1. The summed E-state index contributed by atoms with van der Waals surface area (Å²) in [6.45, 7) is 5.40. The van der Waals surface area contributed by atoms with Crippen molar-refractivity contribution in [2.75, 3.05) is 46.9 Å². The number of nitrogens with one attached hydrogen (secondary N) is 2. The third kappa shape index (κ3) is 8.76. The third-order valence-electron chi connectivity index (χ3n) is 4.51. The van der Waals surface area contributed by atoms with Crippen LogP contribution in [0.2, 0.25) is 0 Å². The highest BCUT2D eigenvalue weighted by Crippen LogP contribution is 2.11. The Hall–Kier alpha value is -1.02. The molecule has 0 bridgehead atoms. The summed E-state index contributed by atoms with van der Waals surface area (Å²) < 4.78 is 5.18. The molecule has 0 radical (unpaired) electrons. The molecule has 2 N–H and O–H groups in total. The summed E-state index contributed by atoms with van der Waals surface area (Å²) in [5.74, 6) is 1.79. The fourth-order valence-corrected chi connectivity index (χ4v) is 3.03. The van der Waals surface area contributed by atoms with Crippen molar-refractivity contribution in [1.82, 2.24) is 15.5 Å². The van der Waals surface area contributed by atoms with E-state index in [0.29, 0.717) is 0 Å². The molecule has 1 aromatic rings. The molecule has 0 aliphatic carbocycles. The molecule has 0 aromatic heterocycles. The second-order valence-electron chi connectivity index (χ2n) is 6.28. The summed E-state index contributed by atoms with van der Waals surface area (Å²) in [6.07, 6.45) is 6.43. The van der Waals surface area contributed by atoms with Gasteiger partial charge in [-0.05, 0) is 50.0 Å². The van der Waals surface area contributed by atoms with Crippen molar-refractivity contribution >= 4 is 29.9 Å². The van der Waals surface area contributed by atoms with Crippen LogP contribution >= 0.6 is 24.0 Å². The molecule has 0 saturated carbocycles. The van der Waals surface area contributed by atoms with Gasteiger partial charge in [0.05, 0.1) is 7.11 Å². The first-order valence-electron chi connectivity index (χ1n) is 9.11. The zero-order valence-electron chi connectivity index (χ0n) is 15.6. The predicted octanol–water partition coefficient (Wildman–Crippen LogP) is 2.90.